The van der Waals surface area contributed by atoms with Crippen molar-refractivity contribution in [2.24, 2.45) is 11.8 Å². The summed E-state index contributed by atoms with van der Waals surface area (Å²) in [6.07, 6.45) is 1.87. The molecule has 1 N–H and O–H groups in total. The normalized spacial score (nSPS) is 25.2. The van der Waals surface area contributed by atoms with Crippen LogP contribution in [0.25, 0.3) is 11.0 Å². The number of aromatic nitrogens is 2. The number of piperazine rings is 1. The average molecular weight is 355 g/mol. The maximum Gasteiger partial charge on any atom is 0.147 e. The van der Waals surface area contributed by atoms with Gasteiger partial charge in [0.2, 0.25) is 0 Å². The molecule has 0 radical (unpaired) electrons. The molecule has 3 heterocycles. The highest BCUT2D eigenvalue weighted by molar-refractivity contribution is 5.75. The summed E-state index contributed by atoms with van der Waals surface area (Å²) in [5.74, 6) is 1.73. The van der Waals surface area contributed by atoms with Gasteiger partial charge in [-0.15, -0.1) is 0 Å². The van der Waals surface area contributed by atoms with Crippen LogP contribution < -0.4 is 4.90 Å². The second-order valence-corrected chi connectivity index (χ2v) is 7.56. The largest absolute Gasteiger partial charge is 0.396 e. The molecule has 2 aromatic rings. The molecule has 2 fully saturated rings. The van der Waals surface area contributed by atoms with E-state index in [9.17, 15) is 5.11 Å². The summed E-state index contributed by atoms with van der Waals surface area (Å²) in [5.41, 5.74) is 1.86. The van der Waals surface area contributed by atoms with E-state index in [2.05, 4.69) is 26.6 Å². The Morgan fingerprint density at radius 3 is 2.42 bits per heavy atom. The van der Waals surface area contributed by atoms with Crippen molar-refractivity contribution in [1.29, 1.82) is 0 Å². The Morgan fingerprint density at radius 2 is 1.69 bits per heavy atom. The number of para-hydroxylation sites is 2. The molecule has 0 spiro atoms. The first kappa shape index (κ1) is 17.6. The van der Waals surface area contributed by atoms with Crippen LogP contribution in [0.4, 0.5) is 5.82 Å². The summed E-state index contributed by atoms with van der Waals surface area (Å²) in [6.45, 7) is 11.1. The highest BCUT2D eigenvalue weighted by atomic mass is 16.3. The molecule has 2 aliphatic heterocycles. The van der Waals surface area contributed by atoms with Gasteiger partial charge in [0.25, 0.3) is 0 Å². The third-order valence-corrected chi connectivity index (χ3v) is 5.98. The number of benzene rings is 1. The Bertz CT molecular complexity index is 731. The minimum Gasteiger partial charge on any atom is -0.396 e. The first-order valence-corrected chi connectivity index (χ1v) is 9.79. The Kier molecular flexibility index (Phi) is 5.33. The van der Waals surface area contributed by atoms with Crippen molar-refractivity contribution >= 4 is 16.9 Å². The van der Waals surface area contributed by atoms with Crippen LogP contribution in [0, 0.1) is 11.8 Å². The molecule has 6 nitrogen and oxygen atoms in total. The van der Waals surface area contributed by atoms with Gasteiger partial charge in [0.15, 0.2) is 0 Å². The van der Waals surface area contributed by atoms with E-state index in [4.69, 9.17) is 4.98 Å². The second-order valence-electron chi connectivity index (χ2n) is 7.56. The zero-order chi connectivity index (χ0) is 17.9. The first-order chi connectivity index (χ1) is 12.8. The smallest absolute Gasteiger partial charge is 0.147 e. The van der Waals surface area contributed by atoms with Crippen LogP contribution in [0.15, 0.2) is 30.5 Å². The van der Waals surface area contributed by atoms with Gasteiger partial charge in [-0.05, 0) is 24.6 Å². The Balaban J connectivity index is 1.43. The molecule has 0 unspecified atom stereocenters. The molecule has 2 aliphatic rings. The number of aliphatic hydroxyl groups is 1. The van der Waals surface area contributed by atoms with Crippen LogP contribution in [-0.2, 0) is 0 Å². The fraction of sp³-hybridized carbons (Fsp3) is 0.600. The van der Waals surface area contributed by atoms with Crippen LogP contribution in [-0.4, -0.2) is 83.8 Å². The minimum absolute atomic E-state index is 0.247. The number of likely N-dealkylation sites (N-methyl/N-ethyl adjacent to an activating group) is 1. The Labute approximate surface area is 155 Å². The topological polar surface area (TPSA) is 55.7 Å². The monoisotopic (exact) mass is 355 g/mol. The molecule has 0 amide bonds. The van der Waals surface area contributed by atoms with Crippen molar-refractivity contribution in [2.45, 2.75) is 6.92 Å². The minimum atomic E-state index is 0.247. The maximum atomic E-state index is 9.89. The Morgan fingerprint density at radius 1 is 1.00 bits per heavy atom. The lowest BCUT2D eigenvalue weighted by Crippen LogP contribution is -2.48. The average Bonchev–Trinajstić information content (AvgIpc) is 3.11. The predicted octanol–water partition coefficient (Wildman–Crippen LogP) is 1.31. The van der Waals surface area contributed by atoms with E-state index in [1.165, 1.54) is 0 Å². The van der Waals surface area contributed by atoms with E-state index in [0.29, 0.717) is 11.8 Å². The Hall–Kier alpha value is -1.76. The van der Waals surface area contributed by atoms with E-state index in [1.54, 1.807) is 0 Å². The van der Waals surface area contributed by atoms with Crippen molar-refractivity contribution in [3.63, 3.8) is 0 Å². The van der Waals surface area contributed by atoms with Crippen molar-refractivity contribution in [3.05, 3.63) is 30.5 Å². The summed E-state index contributed by atoms with van der Waals surface area (Å²) < 4.78 is 0. The highest BCUT2D eigenvalue weighted by Crippen LogP contribution is 2.28. The molecule has 2 atom stereocenters. The van der Waals surface area contributed by atoms with Gasteiger partial charge in [0.1, 0.15) is 5.82 Å². The second kappa shape index (κ2) is 7.86. The quantitative estimate of drug-likeness (QED) is 0.873. The third-order valence-electron chi connectivity index (χ3n) is 5.98. The summed E-state index contributed by atoms with van der Waals surface area (Å²) in [6, 6.07) is 7.99. The van der Waals surface area contributed by atoms with Crippen LogP contribution in [0.1, 0.15) is 6.92 Å². The van der Waals surface area contributed by atoms with Crippen LogP contribution in [0.5, 0.6) is 0 Å². The molecule has 140 valence electrons. The molecule has 0 aliphatic carbocycles. The number of hydrogen-bond donors (Lipinski definition) is 1. The summed E-state index contributed by atoms with van der Waals surface area (Å²) in [7, 11) is 0. The summed E-state index contributed by atoms with van der Waals surface area (Å²) in [5, 5.41) is 9.89. The molecular weight excluding hydrogens is 326 g/mol. The van der Waals surface area contributed by atoms with E-state index in [-0.39, 0.29) is 6.61 Å². The van der Waals surface area contributed by atoms with Crippen molar-refractivity contribution < 1.29 is 5.11 Å². The molecular formula is C20H29N5O. The number of fused-ring (bicyclic) bond motifs is 1. The molecule has 0 bridgehead atoms. The van der Waals surface area contributed by atoms with Crippen molar-refractivity contribution in [2.75, 3.05) is 63.9 Å². The lowest BCUT2D eigenvalue weighted by atomic mass is 9.96. The standard InChI is InChI=1S/C20H29N5O/c1-2-23-7-9-24(10-8-23)12-16-13-25(14-17(16)15-26)20-11-21-18-5-3-4-6-19(18)22-20/h3-6,11,16-17,26H,2,7-10,12-15H2,1H3/t16-,17-/m1/s1. The molecule has 1 aromatic heterocycles. The van der Waals surface area contributed by atoms with Crippen molar-refractivity contribution in [1.82, 2.24) is 19.8 Å². The van der Waals surface area contributed by atoms with E-state index in [1.807, 2.05) is 30.5 Å². The number of anilines is 1. The molecule has 26 heavy (non-hydrogen) atoms. The van der Waals surface area contributed by atoms with Gasteiger partial charge in [-0.2, -0.15) is 0 Å². The SMILES string of the molecule is CCN1CCN(C[C@@H]2CN(c3cnc4ccccc4n3)C[C@@H]2CO)CC1. The van der Waals surface area contributed by atoms with Crippen LogP contribution in [0.2, 0.25) is 0 Å². The lowest BCUT2D eigenvalue weighted by Gasteiger charge is -2.36. The predicted molar refractivity (Wildman–Crippen MR) is 104 cm³/mol. The van der Waals surface area contributed by atoms with E-state index in [0.717, 1.165) is 69.2 Å². The van der Waals surface area contributed by atoms with Gasteiger partial charge in [0.05, 0.1) is 17.2 Å². The lowest BCUT2D eigenvalue weighted by molar-refractivity contribution is 0.106. The van der Waals surface area contributed by atoms with Gasteiger partial charge >= 0.3 is 0 Å². The van der Waals surface area contributed by atoms with Gasteiger partial charge in [0, 0.05) is 58.3 Å². The molecule has 0 saturated carbocycles. The van der Waals surface area contributed by atoms with E-state index >= 15 is 0 Å². The number of aliphatic hydroxyl groups excluding tert-OH is 1. The van der Waals surface area contributed by atoms with Crippen molar-refractivity contribution in [3.8, 4) is 0 Å². The van der Waals surface area contributed by atoms with Crippen LogP contribution >= 0.6 is 0 Å². The number of hydrogen-bond acceptors (Lipinski definition) is 6. The van der Waals surface area contributed by atoms with Gasteiger partial charge in [-0.3, -0.25) is 4.98 Å². The fourth-order valence-electron chi connectivity index (χ4n) is 4.26. The summed E-state index contributed by atoms with van der Waals surface area (Å²) >= 11 is 0. The van der Waals surface area contributed by atoms with Gasteiger partial charge in [-0.1, -0.05) is 19.1 Å². The van der Waals surface area contributed by atoms with Gasteiger partial charge in [-0.25, -0.2) is 4.98 Å². The number of nitrogens with zero attached hydrogens (tertiary/aromatic N) is 5. The molecule has 6 heteroatoms. The zero-order valence-corrected chi connectivity index (χ0v) is 15.6. The third kappa shape index (κ3) is 3.68. The first-order valence-electron chi connectivity index (χ1n) is 9.79. The van der Waals surface area contributed by atoms with Crippen LogP contribution in [0.3, 0.4) is 0 Å². The van der Waals surface area contributed by atoms with E-state index < -0.39 is 0 Å². The highest BCUT2D eigenvalue weighted by Gasteiger charge is 2.34. The zero-order valence-electron chi connectivity index (χ0n) is 15.6. The maximum absolute atomic E-state index is 9.89. The summed E-state index contributed by atoms with van der Waals surface area (Å²) in [4.78, 5) is 16.7. The number of rotatable bonds is 5. The molecule has 2 saturated heterocycles. The van der Waals surface area contributed by atoms with Gasteiger partial charge < -0.3 is 19.8 Å². The molecule has 1 aromatic carbocycles. The molecule has 4 rings (SSSR count). The fourth-order valence-corrected chi connectivity index (χ4v) is 4.26.